The third kappa shape index (κ3) is 1.59. The Morgan fingerprint density at radius 2 is 1.89 bits per heavy atom. The molecule has 4 nitrogen and oxygen atoms in total. The highest BCUT2D eigenvalue weighted by Crippen LogP contribution is 2.34. The second-order valence-corrected chi connectivity index (χ2v) is 3.98. The molecule has 0 aliphatic heterocycles. The zero-order valence-electron chi connectivity index (χ0n) is 9.88. The molecule has 0 saturated carbocycles. The van der Waals surface area contributed by atoms with Crippen LogP contribution in [0.2, 0.25) is 0 Å². The molecule has 1 heterocycles. The van der Waals surface area contributed by atoms with Gasteiger partial charge in [-0.15, -0.1) is 0 Å². The van der Waals surface area contributed by atoms with Crippen LogP contribution in [0.1, 0.15) is 0 Å². The average Bonchev–Trinajstić information content (AvgIpc) is 2.84. The van der Waals surface area contributed by atoms with E-state index in [1.165, 1.54) is 0 Å². The number of benzene rings is 2. The fourth-order valence-electron chi connectivity index (χ4n) is 2.08. The summed E-state index contributed by atoms with van der Waals surface area (Å²) in [5.74, 6) is 1.87. The molecule has 0 aliphatic rings. The summed E-state index contributed by atoms with van der Waals surface area (Å²) >= 11 is 0. The summed E-state index contributed by atoms with van der Waals surface area (Å²) in [5.41, 5.74) is 6.54. The molecule has 0 amide bonds. The Hall–Kier alpha value is -2.49. The van der Waals surface area contributed by atoms with E-state index in [0.29, 0.717) is 11.6 Å². The molecule has 2 N–H and O–H groups in total. The molecule has 0 atom stereocenters. The first-order valence-corrected chi connectivity index (χ1v) is 5.58. The van der Waals surface area contributed by atoms with Gasteiger partial charge in [-0.1, -0.05) is 29.4 Å². The highest BCUT2D eigenvalue weighted by Gasteiger charge is 2.11. The summed E-state index contributed by atoms with van der Waals surface area (Å²) in [6.45, 7) is 0. The summed E-state index contributed by atoms with van der Waals surface area (Å²) < 4.78 is 10.6. The third-order valence-electron chi connectivity index (χ3n) is 2.90. The Labute approximate surface area is 104 Å². The van der Waals surface area contributed by atoms with Crippen LogP contribution in [0.25, 0.3) is 22.1 Å². The lowest BCUT2D eigenvalue weighted by Gasteiger charge is -2.08. The molecule has 90 valence electrons. The number of aromatic nitrogens is 1. The summed E-state index contributed by atoms with van der Waals surface area (Å²) in [7, 11) is 1.66. The van der Waals surface area contributed by atoms with Crippen LogP contribution >= 0.6 is 0 Å². The van der Waals surface area contributed by atoms with Crippen molar-refractivity contribution in [1.29, 1.82) is 0 Å². The predicted octanol–water partition coefficient (Wildman–Crippen LogP) is 3.09. The minimum Gasteiger partial charge on any atom is -0.496 e. The Morgan fingerprint density at radius 3 is 2.56 bits per heavy atom. The Bertz CT molecular complexity index is 704. The number of ether oxygens (including phenoxy) is 1. The van der Waals surface area contributed by atoms with Gasteiger partial charge in [-0.2, -0.15) is 0 Å². The molecule has 3 rings (SSSR count). The van der Waals surface area contributed by atoms with Gasteiger partial charge in [0, 0.05) is 17.0 Å². The van der Waals surface area contributed by atoms with Gasteiger partial charge in [0.2, 0.25) is 0 Å². The van der Waals surface area contributed by atoms with E-state index < -0.39 is 0 Å². The molecule has 1 aromatic heterocycles. The SMILES string of the molecule is COc1ccc(-c2cc(N)no2)c2ccccc12. The molecule has 0 aliphatic carbocycles. The van der Waals surface area contributed by atoms with E-state index in [1.807, 2.05) is 36.4 Å². The van der Waals surface area contributed by atoms with Crippen LogP contribution in [-0.4, -0.2) is 12.3 Å². The lowest BCUT2D eigenvalue weighted by atomic mass is 10.0. The topological polar surface area (TPSA) is 61.3 Å². The number of anilines is 1. The van der Waals surface area contributed by atoms with Crippen LogP contribution < -0.4 is 10.5 Å². The van der Waals surface area contributed by atoms with E-state index in [0.717, 1.165) is 22.1 Å². The molecule has 18 heavy (non-hydrogen) atoms. The summed E-state index contributed by atoms with van der Waals surface area (Å²) in [5, 5.41) is 5.80. The maximum atomic E-state index is 5.59. The minimum atomic E-state index is 0.380. The summed E-state index contributed by atoms with van der Waals surface area (Å²) in [6.07, 6.45) is 0. The van der Waals surface area contributed by atoms with Crippen molar-refractivity contribution < 1.29 is 9.26 Å². The van der Waals surface area contributed by atoms with E-state index in [4.69, 9.17) is 15.0 Å². The normalized spacial score (nSPS) is 10.7. The molecule has 0 fully saturated rings. The standard InChI is InChI=1S/C14H12N2O2/c1-17-12-7-6-11(13-8-14(15)16-18-13)9-4-2-3-5-10(9)12/h2-8H,1H3,(H2,15,16). The van der Waals surface area contributed by atoms with Gasteiger partial charge >= 0.3 is 0 Å². The third-order valence-corrected chi connectivity index (χ3v) is 2.90. The van der Waals surface area contributed by atoms with Gasteiger partial charge in [0.1, 0.15) is 5.75 Å². The van der Waals surface area contributed by atoms with Crippen molar-refractivity contribution in [2.24, 2.45) is 0 Å². The van der Waals surface area contributed by atoms with Crippen molar-refractivity contribution in [3.05, 3.63) is 42.5 Å². The maximum Gasteiger partial charge on any atom is 0.169 e. The van der Waals surface area contributed by atoms with E-state index in [1.54, 1.807) is 13.2 Å². The number of rotatable bonds is 2. The van der Waals surface area contributed by atoms with Gasteiger partial charge < -0.3 is 15.0 Å². The zero-order valence-corrected chi connectivity index (χ0v) is 9.88. The van der Waals surface area contributed by atoms with Crippen molar-refractivity contribution in [3.63, 3.8) is 0 Å². The number of nitrogens with zero attached hydrogens (tertiary/aromatic N) is 1. The second-order valence-electron chi connectivity index (χ2n) is 3.98. The number of nitrogens with two attached hydrogens (primary N) is 1. The van der Waals surface area contributed by atoms with Gasteiger partial charge in [0.05, 0.1) is 7.11 Å². The van der Waals surface area contributed by atoms with E-state index >= 15 is 0 Å². The van der Waals surface area contributed by atoms with E-state index in [9.17, 15) is 0 Å². The first-order valence-electron chi connectivity index (χ1n) is 5.58. The molecule has 3 aromatic rings. The number of hydrogen-bond donors (Lipinski definition) is 1. The first kappa shape index (κ1) is 10.7. The number of methoxy groups -OCH3 is 1. The lowest BCUT2D eigenvalue weighted by Crippen LogP contribution is -1.86. The van der Waals surface area contributed by atoms with Gasteiger partial charge in [0.25, 0.3) is 0 Å². The predicted molar refractivity (Wildman–Crippen MR) is 70.4 cm³/mol. The summed E-state index contributed by atoms with van der Waals surface area (Å²) in [4.78, 5) is 0. The van der Waals surface area contributed by atoms with Crippen molar-refractivity contribution in [3.8, 4) is 17.1 Å². The van der Waals surface area contributed by atoms with Gasteiger partial charge in [-0.05, 0) is 17.5 Å². The summed E-state index contributed by atoms with van der Waals surface area (Å²) in [6, 6.07) is 13.6. The minimum absolute atomic E-state index is 0.380. The highest BCUT2D eigenvalue weighted by molar-refractivity contribution is 5.99. The molecule has 4 heteroatoms. The van der Waals surface area contributed by atoms with Crippen LogP contribution in [-0.2, 0) is 0 Å². The maximum absolute atomic E-state index is 5.59. The highest BCUT2D eigenvalue weighted by atomic mass is 16.5. The first-order chi connectivity index (χ1) is 8.79. The van der Waals surface area contributed by atoms with Gasteiger partial charge in [-0.25, -0.2) is 0 Å². The van der Waals surface area contributed by atoms with E-state index in [2.05, 4.69) is 5.16 Å². The van der Waals surface area contributed by atoms with Crippen LogP contribution in [0, 0.1) is 0 Å². The lowest BCUT2D eigenvalue weighted by molar-refractivity contribution is 0.419. The fourth-order valence-corrected chi connectivity index (χ4v) is 2.08. The van der Waals surface area contributed by atoms with Gasteiger partial charge in [0.15, 0.2) is 11.6 Å². The Morgan fingerprint density at radius 1 is 1.11 bits per heavy atom. The monoisotopic (exact) mass is 240 g/mol. The number of hydrogen-bond acceptors (Lipinski definition) is 4. The van der Waals surface area contributed by atoms with Crippen molar-refractivity contribution in [1.82, 2.24) is 5.16 Å². The quantitative estimate of drug-likeness (QED) is 0.747. The van der Waals surface area contributed by atoms with E-state index in [-0.39, 0.29) is 0 Å². The molecular formula is C14H12N2O2. The molecule has 0 saturated heterocycles. The average molecular weight is 240 g/mol. The molecule has 0 spiro atoms. The van der Waals surface area contributed by atoms with Gasteiger partial charge in [-0.3, -0.25) is 0 Å². The fraction of sp³-hybridized carbons (Fsp3) is 0.0714. The Kier molecular flexibility index (Phi) is 2.41. The molecule has 2 aromatic carbocycles. The van der Waals surface area contributed by atoms with Crippen LogP contribution in [0.15, 0.2) is 47.0 Å². The Balaban J connectivity index is 2.31. The second kappa shape index (κ2) is 4.07. The number of fused-ring (bicyclic) bond motifs is 1. The smallest absolute Gasteiger partial charge is 0.169 e. The molecular weight excluding hydrogens is 228 g/mol. The van der Waals surface area contributed by atoms with Crippen molar-refractivity contribution >= 4 is 16.6 Å². The molecule has 0 radical (unpaired) electrons. The van der Waals surface area contributed by atoms with Crippen LogP contribution in [0.3, 0.4) is 0 Å². The largest absolute Gasteiger partial charge is 0.496 e. The van der Waals surface area contributed by atoms with Crippen molar-refractivity contribution in [2.75, 3.05) is 12.8 Å². The molecule has 0 bridgehead atoms. The van der Waals surface area contributed by atoms with Crippen LogP contribution in [0.4, 0.5) is 5.82 Å². The molecule has 0 unspecified atom stereocenters. The van der Waals surface area contributed by atoms with Crippen molar-refractivity contribution in [2.45, 2.75) is 0 Å². The zero-order chi connectivity index (χ0) is 12.5. The van der Waals surface area contributed by atoms with Crippen LogP contribution in [0.5, 0.6) is 5.75 Å². The number of nitrogen functional groups attached to an aromatic ring is 1.